The van der Waals surface area contributed by atoms with Crippen LogP contribution in [0.15, 0.2) is 24.3 Å². The van der Waals surface area contributed by atoms with Crippen LogP contribution in [-0.4, -0.2) is 37.2 Å². The highest BCUT2D eigenvalue weighted by molar-refractivity contribution is 5.71. The maximum atomic E-state index is 12.7. The molecule has 0 aromatic carbocycles. The molecule has 0 heterocycles. The summed E-state index contributed by atoms with van der Waals surface area (Å²) in [5.41, 5.74) is 0. The van der Waals surface area contributed by atoms with Gasteiger partial charge in [0.25, 0.3) is 0 Å². The maximum Gasteiger partial charge on any atom is 0.306 e. The Labute approximate surface area is 347 Å². The van der Waals surface area contributed by atoms with Crippen LogP contribution in [0, 0.1) is 0 Å². The monoisotopic (exact) mass is 789 g/mol. The average molecular weight is 789 g/mol. The van der Waals surface area contributed by atoms with Gasteiger partial charge in [-0.05, 0) is 44.9 Å². The van der Waals surface area contributed by atoms with Crippen molar-refractivity contribution in [3.05, 3.63) is 24.3 Å². The summed E-state index contributed by atoms with van der Waals surface area (Å²) in [5, 5.41) is 0. The van der Waals surface area contributed by atoms with Gasteiger partial charge in [-0.2, -0.15) is 0 Å². The minimum atomic E-state index is -0.771. The summed E-state index contributed by atoms with van der Waals surface area (Å²) >= 11 is 0. The van der Waals surface area contributed by atoms with Gasteiger partial charge in [-0.25, -0.2) is 0 Å². The average Bonchev–Trinajstić information content (AvgIpc) is 3.19. The third kappa shape index (κ3) is 43.0. The molecule has 6 heteroatoms. The van der Waals surface area contributed by atoms with E-state index in [1.165, 1.54) is 128 Å². The van der Waals surface area contributed by atoms with E-state index >= 15 is 0 Å². The number of rotatable bonds is 44. The van der Waals surface area contributed by atoms with Gasteiger partial charge in [0.1, 0.15) is 13.2 Å². The van der Waals surface area contributed by atoms with Gasteiger partial charge in [0, 0.05) is 19.3 Å². The van der Waals surface area contributed by atoms with E-state index < -0.39 is 6.10 Å². The molecule has 1 atom stereocenters. The molecule has 0 aliphatic heterocycles. The zero-order valence-electron chi connectivity index (χ0n) is 37.4. The third-order valence-corrected chi connectivity index (χ3v) is 10.7. The van der Waals surface area contributed by atoms with Crippen LogP contribution in [0.25, 0.3) is 0 Å². The van der Waals surface area contributed by atoms with Gasteiger partial charge < -0.3 is 14.2 Å². The van der Waals surface area contributed by atoms with E-state index in [1.54, 1.807) is 0 Å². The number of unbranched alkanes of at least 4 members (excludes halogenated alkanes) is 29. The SMILES string of the molecule is CCC/C=C\C/C=C\CCCCCCCC(=O)OC(COC(=O)CCCCCCCCCCCC)COC(=O)CCCCCCCCCCCCCCCCC. The summed E-state index contributed by atoms with van der Waals surface area (Å²) in [7, 11) is 0. The van der Waals surface area contributed by atoms with Crippen molar-refractivity contribution in [1.29, 1.82) is 0 Å². The van der Waals surface area contributed by atoms with Crippen LogP contribution in [0.4, 0.5) is 0 Å². The van der Waals surface area contributed by atoms with Gasteiger partial charge in [0.15, 0.2) is 6.10 Å². The number of carbonyl (C=O) groups is 3. The highest BCUT2D eigenvalue weighted by atomic mass is 16.6. The van der Waals surface area contributed by atoms with E-state index in [9.17, 15) is 14.4 Å². The van der Waals surface area contributed by atoms with Gasteiger partial charge in [0.05, 0.1) is 0 Å². The van der Waals surface area contributed by atoms with Crippen molar-refractivity contribution in [1.82, 2.24) is 0 Å². The predicted molar refractivity (Wildman–Crippen MR) is 238 cm³/mol. The number of esters is 3. The van der Waals surface area contributed by atoms with E-state index in [0.29, 0.717) is 19.3 Å². The van der Waals surface area contributed by atoms with Crippen molar-refractivity contribution in [2.75, 3.05) is 13.2 Å². The molecule has 0 aliphatic rings. The van der Waals surface area contributed by atoms with Crippen LogP contribution in [0.2, 0.25) is 0 Å². The largest absolute Gasteiger partial charge is 0.462 e. The standard InChI is InChI=1S/C50H92O6/c1-4-7-10-13-16-19-22-24-25-27-28-31-34-37-40-43-49(52)55-46-47(45-54-48(51)42-39-36-33-30-21-18-15-12-9-6-3)56-50(53)44-41-38-35-32-29-26-23-20-17-14-11-8-5-2/h11,14,20,23,47H,4-10,12-13,15-19,21-22,24-46H2,1-3H3/b14-11-,23-20-. The van der Waals surface area contributed by atoms with E-state index in [1.807, 2.05) is 0 Å². The molecule has 1 unspecified atom stereocenters. The number of allylic oxidation sites excluding steroid dienone is 4. The van der Waals surface area contributed by atoms with Crippen LogP contribution in [-0.2, 0) is 28.6 Å². The highest BCUT2D eigenvalue weighted by Gasteiger charge is 2.19. The molecule has 6 nitrogen and oxygen atoms in total. The van der Waals surface area contributed by atoms with Crippen LogP contribution >= 0.6 is 0 Å². The van der Waals surface area contributed by atoms with E-state index in [-0.39, 0.29) is 31.1 Å². The minimum absolute atomic E-state index is 0.0727. The molecule has 0 N–H and O–H groups in total. The van der Waals surface area contributed by atoms with Gasteiger partial charge in [0.2, 0.25) is 0 Å². The molecule has 56 heavy (non-hydrogen) atoms. The lowest BCUT2D eigenvalue weighted by Crippen LogP contribution is -2.30. The minimum Gasteiger partial charge on any atom is -0.462 e. The molecular weight excluding hydrogens is 697 g/mol. The Bertz CT molecular complexity index is 911. The quantitative estimate of drug-likeness (QED) is 0.0265. The van der Waals surface area contributed by atoms with Gasteiger partial charge in [-0.3, -0.25) is 14.4 Å². The van der Waals surface area contributed by atoms with Crippen molar-refractivity contribution in [2.24, 2.45) is 0 Å². The van der Waals surface area contributed by atoms with Crippen molar-refractivity contribution < 1.29 is 28.6 Å². The first-order valence-corrected chi connectivity index (χ1v) is 24.3. The number of ether oxygens (including phenoxy) is 3. The summed E-state index contributed by atoms with van der Waals surface area (Å²) < 4.78 is 16.7. The molecule has 0 aromatic rings. The molecule has 0 amide bonds. The predicted octanol–water partition coefficient (Wildman–Crippen LogP) is 15.6. The zero-order valence-corrected chi connectivity index (χ0v) is 37.4. The molecule has 328 valence electrons. The first kappa shape index (κ1) is 53.9. The van der Waals surface area contributed by atoms with Gasteiger partial charge >= 0.3 is 17.9 Å². The molecule has 0 saturated carbocycles. The Morgan fingerprint density at radius 2 is 0.679 bits per heavy atom. The Hall–Kier alpha value is -2.11. The molecule has 0 aliphatic carbocycles. The van der Waals surface area contributed by atoms with Crippen molar-refractivity contribution in [3.8, 4) is 0 Å². The Morgan fingerprint density at radius 3 is 1.05 bits per heavy atom. The maximum absolute atomic E-state index is 12.7. The van der Waals surface area contributed by atoms with Crippen LogP contribution in [0.3, 0.4) is 0 Å². The van der Waals surface area contributed by atoms with Crippen molar-refractivity contribution >= 4 is 17.9 Å². The molecule has 0 saturated heterocycles. The lowest BCUT2D eigenvalue weighted by Gasteiger charge is -2.18. The molecule has 0 bridgehead atoms. The zero-order chi connectivity index (χ0) is 40.8. The molecule has 0 rings (SSSR count). The molecular formula is C50H92O6. The molecule has 0 spiro atoms. The Morgan fingerprint density at radius 1 is 0.357 bits per heavy atom. The Balaban J connectivity index is 4.33. The number of hydrogen-bond donors (Lipinski definition) is 0. The van der Waals surface area contributed by atoms with Crippen LogP contribution in [0.5, 0.6) is 0 Å². The molecule has 0 radical (unpaired) electrons. The highest BCUT2D eigenvalue weighted by Crippen LogP contribution is 2.15. The number of hydrogen-bond acceptors (Lipinski definition) is 6. The first-order chi connectivity index (χ1) is 27.5. The second kappa shape index (κ2) is 45.6. The number of carbonyl (C=O) groups excluding carboxylic acids is 3. The summed E-state index contributed by atoms with van der Waals surface area (Å²) in [5.74, 6) is -0.879. The fourth-order valence-electron chi connectivity index (χ4n) is 7.01. The van der Waals surface area contributed by atoms with Gasteiger partial charge in [-0.1, -0.05) is 218 Å². The second-order valence-corrected chi connectivity index (χ2v) is 16.4. The fraction of sp³-hybridized carbons (Fsp3) is 0.860. The summed E-state index contributed by atoms with van der Waals surface area (Å²) in [6.45, 7) is 6.57. The fourth-order valence-corrected chi connectivity index (χ4v) is 7.01. The lowest BCUT2D eigenvalue weighted by molar-refractivity contribution is -0.167. The Kier molecular flexibility index (Phi) is 43.9. The first-order valence-electron chi connectivity index (χ1n) is 24.3. The third-order valence-electron chi connectivity index (χ3n) is 10.7. The van der Waals surface area contributed by atoms with Crippen LogP contribution in [0.1, 0.15) is 258 Å². The van der Waals surface area contributed by atoms with Crippen molar-refractivity contribution in [3.63, 3.8) is 0 Å². The van der Waals surface area contributed by atoms with E-state index in [0.717, 1.165) is 89.9 Å². The van der Waals surface area contributed by atoms with Crippen molar-refractivity contribution in [2.45, 2.75) is 264 Å². The topological polar surface area (TPSA) is 78.9 Å². The lowest BCUT2D eigenvalue weighted by atomic mass is 10.0. The van der Waals surface area contributed by atoms with E-state index in [4.69, 9.17) is 14.2 Å². The normalized spacial score (nSPS) is 12.1. The molecule has 0 fully saturated rings. The van der Waals surface area contributed by atoms with E-state index in [2.05, 4.69) is 45.1 Å². The smallest absolute Gasteiger partial charge is 0.306 e. The van der Waals surface area contributed by atoms with Crippen LogP contribution < -0.4 is 0 Å². The van der Waals surface area contributed by atoms with Gasteiger partial charge in [-0.15, -0.1) is 0 Å². The molecule has 0 aromatic heterocycles. The summed E-state index contributed by atoms with van der Waals surface area (Å²) in [6.07, 6.45) is 50.1. The summed E-state index contributed by atoms with van der Waals surface area (Å²) in [6, 6.07) is 0. The summed E-state index contributed by atoms with van der Waals surface area (Å²) in [4.78, 5) is 37.8. The second-order valence-electron chi connectivity index (χ2n) is 16.4.